The van der Waals surface area contributed by atoms with Crippen LogP contribution in [0.15, 0.2) is 41.5 Å². The van der Waals surface area contributed by atoms with Crippen molar-refractivity contribution in [3.8, 4) is 0 Å². The lowest BCUT2D eigenvalue weighted by molar-refractivity contribution is 0.238. The van der Waals surface area contributed by atoms with Crippen molar-refractivity contribution in [3.63, 3.8) is 0 Å². The van der Waals surface area contributed by atoms with Crippen molar-refractivity contribution in [1.82, 2.24) is 29.5 Å². The quantitative estimate of drug-likeness (QED) is 0.340. The highest BCUT2D eigenvalue weighted by molar-refractivity contribution is 7.19. The predicted octanol–water partition coefficient (Wildman–Crippen LogP) is 1.82. The number of anilines is 2. The number of benzene rings is 1. The molecule has 0 aliphatic carbocycles. The number of hydrogen-bond acceptors (Lipinski definition) is 8. The Morgan fingerprint density at radius 2 is 2.16 bits per heavy atom. The van der Waals surface area contributed by atoms with E-state index in [0.29, 0.717) is 11.9 Å². The van der Waals surface area contributed by atoms with E-state index in [0.717, 1.165) is 43.4 Å². The molecular weight excluding hydrogens is 416 g/mol. The lowest BCUT2D eigenvalue weighted by Gasteiger charge is -2.10. The molecule has 0 amide bonds. The molecule has 0 radical (unpaired) electrons. The summed E-state index contributed by atoms with van der Waals surface area (Å²) in [5.41, 5.74) is 4.62. The minimum atomic E-state index is -0.843. The summed E-state index contributed by atoms with van der Waals surface area (Å²) in [6, 6.07) is 7.60. The monoisotopic (exact) mass is 434 g/mol. The molecule has 1 aromatic carbocycles. The maximum absolute atomic E-state index is 13.3. The SMILES string of the molecule is Cn1c2nc(Cc3ccn[nH]3)sc2c2cnn(Cc3cccc4c3NC(O)N4)c(=O)c21. The van der Waals surface area contributed by atoms with Crippen LogP contribution in [-0.4, -0.2) is 41.0 Å². The number of fused-ring (bicyclic) bond motifs is 4. The molecule has 10 nitrogen and oxygen atoms in total. The van der Waals surface area contributed by atoms with E-state index in [1.165, 1.54) is 4.68 Å². The first-order valence-corrected chi connectivity index (χ1v) is 10.6. The second-order valence-corrected chi connectivity index (χ2v) is 8.56. The van der Waals surface area contributed by atoms with Crippen molar-refractivity contribution in [2.45, 2.75) is 19.3 Å². The van der Waals surface area contributed by atoms with Crippen LogP contribution in [-0.2, 0) is 20.0 Å². The third kappa shape index (κ3) is 2.81. The Labute approximate surface area is 179 Å². The predicted molar refractivity (Wildman–Crippen MR) is 118 cm³/mol. The van der Waals surface area contributed by atoms with Crippen LogP contribution in [0.3, 0.4) is 0 Å². The number of para-hydroxylation sites is 1. The number of aliphatic hydroxyl groups excluding tert-OH is 1. The smallest absolute Gasteiger partial charge is 0.291 e. The highest BCUT2D eigenvalue weighted by atomic mass is 32.1. The topological polar surface area (TPSA) is 126 Å². The van der Waals surface area contributed by atoms with E-state index in [4.69, 9.17) is 4.98 Å². The number of rotatable bonds is 4. The van der Waals surface area contributed by atoms with E-state index in [9.17, 15) is 9.90 Å². The van der Waals surface area contributed by atoms with Gasteiger partial charge in [0.05, 0.1) is 28.8 Å². The van der Waals surface area contributed by atoms with Crippen LogP contribution in [0.2, 0.25) is 0 Å². The van der Waals surface area contributed by atoms with E-state index < -0.39 is 6.35 Å². The average Bonchev–Trinajstić information content (AvgIpc) is 3.51. The summed E-state index contributed by atoms with van der Waals surface area (Å²) >= 11 is 1.57. The number of aromatic amines is 1. The van der Waals surface area contributed by atoms with Crippen LogP contribution >= 0.6 is 11.3 Å². The summed E-state index contributed by atoms with van der Waals surface area (Å²) in [7, 11) is 1.86. The van der Waals surface area contributed by atoms with Crippen LogP contribution in [0.1, 0.15) is 16.3 Å². The molecule has 6 rings (SSSR count). The Morgan fingerprint density at radius 3 is 3.00 bits per heavy atom. The van der Waals surface area contributed by atoms with Gasteiger partial charge < -0.3 is 20.3 Å². The van der Waals surface area contributed by atoms with Crippen molar-refractivity contribution in [1.29, 1.82) is 0 Å². The van der Waals surface area contributed by atoms with Gasteiger partial charge in [-0.2, -0.15) is 10.2 Å². The minimum absolute atomic E-state index is 0.176. The Morgan fingerprint density at radius 1 is 1.26 bits per heavy atom. The fourth-order valence-corrected chi connectivity index (χ4v) is 5.20. The Bertz CT molecular complexity index is 1500. The largest absolute Gasteiger partial charge is 0.357 e. The number of nitrogens with one attached hydrogen (secondary N) is 3. The lowest BCUT2D eigenvalue weighted by atomic mass is 10.1. The number of hydrogen-bond donors (Lipinski definition) is 4. The first-order chi connectivity index (χ1) is 15.1. The van der Waals surface area contributed by atoms with Crippen molar-refractivity contribution >= 4 is 44.0 Å². The molecule has 0 saturated carbocycles. The van der Waals surface area contributed by atoms with Crippen molar-refractivity contribution < 1.29 is 5.11 Å². The first kappa shape index (κ1) is 18.1. The Hall–Kier alpha value is -3.70. The second-order valence-electron chi connectivity index (χ2n) is 7.48. The van der Waals surface area contributed by atoms with Gasteiger partial charge in [-0.05, 0) is 17.7 Å². The molecular formula is C20H18N8O2S. The average molecular weight is 434 g/mol. The summed E-state index contributed by atoms with van der Waals surface area (Å²) in [6.45, 7) is 0.288. The van der Waals surface area contributed by atoms with Crippen LogP contribution in [0.4, 0.5) is 11.4 Å². The van der Waals surface area contributed by atoms with Gasteiger partial charge in [0.25, 0.3) is 5.56 Å². The lowest BCUT2D eigenvalue weighted by Crippen LogP contribution is -2.25. The molecule has 156 valence electrons. The number of aliphatic hydroxyl groups is 1. The summed E-state index contributed by atoms with van der Waals surface area (Å²) in [4.78, 5) is 18.0. The third-order valence-corrected chi connectivity index (χ3v) is 6.59. The molecule has 31 heavy (non-hydrogen) atoms. The second kappa shape index (κ2) is 6.65. The van der Waals surface area contributed by atoms with E-state index in [1.54, 1.807) is 23.7 Å². The van der Waals surface area contributed by atoms with Crippen LogP contribution in [0.25, 0.3) is 21.3 Å². The molecule has 11 heteroatoms. The van der Waals surface area contributed by atoms with Crippen LogP contribution in [0.5, 0.6) is 0 Å². The first-order valence-electron chi connectivity index (χ1n) is 9.73. The molecule has 0 saturated heterocycles. The fourth-order valence-electron chi connectivity index (χ4n) is 4.07. The number of thiazole rings is 1. The summed E-state index contributed by atoms with van der Waals surface area (Å²) in [6.07, 6.45) is 3.28. The third-order valence-electron chi connectivity index (χ3n) is 5.51. The maximum atomic E-state index is 13.3. The van der Waals surface area contributed by atoms with Gasteiger partial charge in [-0.1, -0.05) is 12.1 Å². The molecule has 0 fully saturated rings. The zero-order valence-electron chi connectivity index (χ0n) is 16.5. The van der Waals surface area contributed by atoms with Gasteiger partial charge >= 0.3 is 0 Å². The molecule has 1 aliphatic heterocycles. The Balaban J connectivity index is 1.41. The van der Waals surface area contributed by atoms with Crippen molar-refractivity contribution in [2.24, 2.45) is 7.05 Å². The van der Waals surface area contributed by atoms with E-state index >= 15 is 0 Å². The van der Waals surface area contributed by atoms with Crippen LogP contribution < -0.4 is 16.2 Å². The molecule has 5 heterocycles. The van der Waals surface area contributed by atoms with Gasteiger partial charge in [-0.15, -0.1) is 11.3 Å². The normalized spacial score (nSPS) is 15.4. The summed E-state index contributed by atoms with van der Waals surface area (Å²) < 4.78 is 4.25. The van der Waals surface area contributed by atoms with E-state index in [2.05, 4.69) is 25.9 Å². The van der Waals surface area contributed by atoms with Gasteiger partial charge in [0, 0.05) is 30.7 Å². The number of H-pyrrole nitrogens is 1. The molecule has 0 spiro atoms. The zero-order valence-corrected chi connectivity index (χ0v) is 17.3. The summed E-state index contributed by atoms with van der Waals surface area (Å²) in [5.74, 6) is 0. The molecule has 1 atom stereocenters. The molecule has 4 aromatic heterocycles. The van der Waals surface area contributed by atoms with E-state index in [-0.39, 0.29) is 12.1 Å². The maximum Gasteiger partial charge on any atom is 0.291 e. The molecule has 1 aliphatic rings. The van der Waals surface area contributed by atoms with Gasteiger partial charge in [0.15, 0.2) is 5.65 Å². The highest BCUT2D eigenvalue weighted by Crippen LogP contribution is 2.33. The Kier molecular flexibility index (Phi) is 3.88. The number of aromatic nitrogens is 6. The molecule has 4 N–H and O–H groups in total. The van der Waals surface area contributed by atoms with Gasteiger partial charge in [0.1, 0.15) is 10.5 Å². The van der Waals surface area contributed by atoms with E-state index in [1.807, 2.05) is 35.9 Å². The highest BCUT2D eigenvalue weighted by Gasteiger charge is 2.22. The van der Waals surface area contributed by atoms with Gasteiger partial charge in [-0.25, -0.2) is 9.67 Å². The summed E-state index contributed by atoms with van der Waals surface area (Å²) in [5, 5.41) is 28.8. The molecule has 0 bridgehead atoms. The van der Waals surface area contributed by atoms with Gasteiger partial charge in [0.2, 0.25) is 6.35 Å². The molecule has 1 unspecified atom stereocenters. The van der Waals surface area contributed by atoms with Crippen molar-refractivity contribution in [2.75, 3.05) is 10.6 Å². The number of aryl methyl sites for hydroxylation is 1. The zero-order chi connectivity index (χ0) is 21.1. The minimum Gasteiger partial charge on any atom is -0.357 e. The van der Waals surface area contributed by atoms with Gasteiger partial charge in [-0.3, -0.25) is 9.89 Å². The fraction of sp³-hybridized carbons (Fsp3) is 0.200. The standard InChI is InChI=1S/C20H18N8O2S/c1-27-16-12(17-18(27)24-14(31-17)7-11-5-6-21-26-11)8-22-28(19(16)29)9-10-3-2-4-13-15(10)25-20(30)23-13/h2-6,8,20,23,25,30H,7,9H2,1H3,(H,21,26). The van der Waals surface area contributed by atoms with Crippen LogP contribution in [0, 0.1) is 0 Å². The molecule has 5 aromatic rings. The van der Waals surface area contributed by atoms with Crippen molar-refractivity contribution in [3.05, 3.63) is 63.3 Å². The number of nitrogens with zero attached hydrogens (tertiary/aromatic N) is 5.